The van der Waals surface area contributed by atoms with Crippen molar-refractivity contribution in [2.24, 2.45) is 12.8 Å². The molecule has 1 atom stereocenters. The van der Waals surface area contributed by atoms with Crippen LogP contribution in [-0.2, 0) is 13.6 Å². The van der Waals surface area contributed by atoms with E-state index < -0.39 is 0 Å². The molecule has 1 heterocycles. The molecule has 2 N–H and O–H groups in total. The van der Waals surface area contributed by atoms with Gasteiger partial charge in [-0.3, -0.25) is 4.68 Å². The van der Waals surface area contributed by atoms with Crippen LogP contribution in [0.15, 0.2) is 6.07 Å². The highest BCUT2D eigenvalue weighted by Crippen LogP contribution is 2.05. The minimum Gasteiger partial charge on any atom is -0.328 e. The van der Waals surface area contributed by atoms with E-state index in [9.17, 15) is 0 Å². The fraction of sp³-hybridized carbons (Fsp3) is 0.727. The van der Waals surface area contributed by atoms with E-state index >= 15 is 0 Å². The summed E-state index contributed by atoms with van der Waals surface area (Å²) in [6.45, 7) is 6.03. The molecule has 1 aromatic heterocycles. The Morgan fingerprint density at radius 3 is 2.73 bits per heavy atom. The maximum atomic E-state index is 5.72. The van der Waals surface area contributed by atoms with Gasteiger partial charge in [-0.2, -0.15) is 5.10 Å². The molecule has 0 bridgehead atoms. The standard InChI is InChI=1S/C11H22N4/c1-9(12)5-6-14(3)8-11-7-10(2)13-15(11)4/h7,9H,5-6,8,12H2,1-4H3. The Morgan fingerprint density at radius 2 is 2.27 bits per heavy atom. The summed E-state index contributed by atoms with van der Waals surface area (Å²) in [4.78, 5) is 2.28. The lowest BCUT2D eigenvalue weighted by Crippen LogP contribution is -2.26. The minimum atomic E-state index is 0.278. The van der Waals surface area contributed by atoms with Crippen LogP contribution < -0.4 is 5.73 Å². The van der Waals surface area contributed by atoms with E-state index in [0.29, 0.717) is 0 Å². The Morgan fingerprint density at radius 1 is 1.60 bits per heavy atom. The number of nitrogens with two attached hydrogens (primary N) is 1. The van der Waals surface area contributed by atoms with Crippen molar-refractivity contribution in [3.05, 3.63) is 17.5 Å². The van der Waals surface area contributed by atoms with Crippen molar-refractivity contribution < 1.29 is 0 Å². The SMILES string of the molecule is Cc1cc(CN(C)CCC(C)N)n(C)n1. The number of nitrogens with zero attached hydrogens (tertiary/aromatic N) is 3. The first-order chi connectivity index (χ1) is 6.99. The van der Waals surface area contributed by atoms with E-state index in [4.69, 9.17) is 5.73 Å². The van der Waals surface area contributed by atoms with Gasteiger partial charge in [0.25, 0.3) is 0 Å². The molecule has 0 fully saturated rings. The zero-order valence-corrected chi connectivity index (χ0v) is 10.2. The van der Waals surface area contributed by atoms with Crippen LogP contribution in [0.2, 0.25) is 0 Å². The maximum Gasteiger partial charge on any atom is 0.0597 e. The number of hydrogen-bond donors (Lipinski definition) is 1. The summed E-state index contributed by atoms with van der Waals surface area (Å²) >= 11 is 0. The molecule has 86 valence electrons. The van der Waals surface area contributed by atoms with Gasteiger partial charge >= 0.3 is 0 Å². The highest BCUT2D eigenvalue weighted by Gasteiger charge is 2.06. The predicted octanol–water partition coefficient (Wildman–Crippen LogP) is 0.898. The molecule has 0 aliphatic carbocycles. The quantitative estimate of drug-likeness (QED) is 0.785. The highest BCUT2D eigenvalue weighted by molar-refractivity contribution is 5.08. The van der Waals surface area contributed by atoms with Gasteiger partial charge in [-0.15, -0.1) is 0 Å². The van der Waals surface area contributed by atoms with Crippen LogP contribution in [0.1, 0.15) is 24.7 Å². The number of hydrogen-bond acceptors (Lipinski definition) is 3. The smallest absolute Gasteiger partial charge is 0.0597 e. The monoisotopic (exact) mass is 210 g/mol. The Labute approximate surface area is 92.1 Å². The Balaban J connectivity index is 2.44. The molecule has 0 amide bonds. The van der Waals surface area contributed by atoms with Gasteiger partial charge in [0.05, 0.1) is 11.4 Å². The van der Waals surface area contributed by atoms with Crippen LogP contribution in [0, 0.1) is 6.92 Å². The molecule has 0 aliphatic rings. The largest absolute Gasteiger partial charge is 0.328 e. The van der Waals surface area contributed by atoms with E-state index in [0.717, 1.165) is 25.2 Å². The topological polar surface area (TPSA) is 47.1 Å². The van der Waals surface area contributed by atoms with Crippen LogP contribution in [0.3, 0.4) is 0 Å². The number of aromatic nitrogens is 2. The van der Waals surface area contributed by atoms with Crippen LogP contribution in [0.5, 0.6) is 0 Å². The number of aryl methyl sites for hydroxylation is 2. The van der Waals surface area contributed by atoms with Crippen molar-refractivity contribution in [3.8, 4) is 0 Å². The number of rotatable bonds is 5. The zero-order chi connectivity index (χ0) is 11.4. The molecule has 0 radical (unpaired) electrons. The molecular weight excluding hydrogens is 188 g/mol. The van der Waals surface area contributed by atoms with Gasteiger partial charge in [-0.05, 0) is 39.9 Å². The third kappa shape index (κ3) is 4.01. The van der Waals surface area contributed by atoms with Gasteiger partial charge in [-0.1, -0.05) is 0 Å². The van der Waals surface area contributed by atoms with Gasteiger partial charge in [0.1, 0.15) is 0 Å². The maximum absolute atomic E-state index is 5.72. The predicted molar refractivity (Wildman–Crippen MR) is 62.5 cm³/mol. The van der Waals surface area contributed by atoms with Crippen molar-refractivity contribution in [2.75, 3.05) is 13.6 Å². The second-order valence-corrected chi connectivity index (χ2v) is 4.40. The lowest BCUT2D eigenvalue weighted by atomic mass is 10.2. The Hall–Kier alpha value is -0.870. The third-order valence-electron chi connectivity index (χ3n) is 2.50. The van der Waals surface area contributed by atoms with Crippen molar-refractivity contribution in [1.82, 2.24) is 14.7 Å². The molecule has 0 spiro atoms. The van der Waals surface area contributed by atoms with Gasteiger partial charge in [0.15, 0.2) is 0 Å². The fourth-order valence-corrected chi connectivity index (χ4v) is 1.59. The minimum absolute atomic E-state index is 0.278. The van der Waals surface area contributed by atoms with Gasteiger partial charge in [-0.25, -0.2) is 0 Å². The summed E-state index contributed by atoms with van der Waals surface area (Å²) in [5.41, 5.74) is 8.05. The zero-order valence-electron chi connectivity index (χ0n) is 10.2. The molecular formula is C11H22N4. The first-order valence-corrected chi connectivity index (χ1v) is 5.42. The van der Waals surface area contributed by atoms with Gasteiger partial charge in [0.2, 0.25) is 0 Å². The first kappa shape index (κ1) is 12.2. The molecule has 4 heteroatoms. The highest BCUT2D eigenvalue weighted by atomic mass is 15.3. The van der Waals surface area contributed by atoms with E-state index in [-0.39, 0.29) is 6.04 Å². The van der Waals surface area contributed by atoms with Crippen LogP contribution in [-0.4, -0.2) is 34.3 Å². The lowest BCUT2D eigenvalue weighted by Gasteiger charge is -2.17. The summed E-state index contributed by atoms with van der Waals surface area (Å²) in [5, 5.41) is 4.32. The molecule has 0 saturated heterocycles. The fourth-order valence-electron chi connectivity index (χ4n) is 1.59. The van der Waals surface area contributed by atoms with Crippen molar-refractivity contribution in [1.29, 1.82) is 0 Å². The molecule has 15 heavy (non-hydrogen) atoms. The molecule has 0 aromatic carbocycles. The lowest BCUT2D eigenvalue weighted by molar-refractivity contribution is 0.305. The summed E-state index contributed by atoms with van der Waals surface area (Å²) < 4.78 is 1.94. The molecule has 1 unspecified atom stereocenters. The van der Waals surface area contributed by atoms with Gasteiger partial charge < -0.3 is 10.6 Å². The molecule has 1 aromatic rings. The normalized spacial score (nSPS) is 13.5. The van der Waals surface area contributed by atoms with E-state index in [1.807, 2.05) is 25.6 Å². The second-order valence-electron chi connectivity index (χ2n) is 4.40. The molecule has 1 rings (SSSR count). The van der Waals surface area contributed by atoms with E-state index in [1.165, 1.54) is 5.69 Å². The van der Waals surface area contributed by atoms with Crippen molar-refractivity contribution in [2.45, 2.75) is 32.9 Å². The Bertz CT molecular complexity index is 304. The summed E-state index contributed by atoms with van der Waals surface area (Å²) in [6.07, 6.45) is 1.04. The van der Waals surface area contributed by atoms with E-state index in [2.05, 4.69) is 23.1 Å². The Kier molecular flexibility index (Phi) is 4.29. The average Bonchev–Trinajstić information content (AvgIpc) is 2.42. The van der Waals surface area contributed by atoms with E-state index in [1.54, 1.807) is 0 Å². The van der Waals surface area contributed by atoms with Crippen LogP contribution >= 0.6 is 0 Å². The third-order valence-corrected chi connectivity index (χ3v) is 2.50. The van der Waals surface area contributed by atoms with Crippen molar-refractivity contribution >= 4 is 0 Å². The van der Waals surface area contributed by atoms with Gasteiger partial charge in [0, 0.05) is 19.6 Å². The van der Waals surface area contributed by atoms with Crippen molar-refractivity contribution in [3.63, 3.8) is 0 Å². The van der Waals surface area contributed by atoms with Crippen LogP contribution in [0.4, 0.5) is 0 Å². The first-order valence-electron chi connectivity index (χ1n) is 5.42. The summed E-state index contributed by atoms with van der Waals surface area (Å²) in [7, 11) is 4.10. The second kappa shape index (κ2) is 5.28. The molecule has 0 aliphatic heterocycles. The summed E-state index contributed by atoms with van der Waals surface area (Å²) in [6, 6.07) is 2.41. The average molecular weight is 210 g/mol. The summed E-state index contributed by atoms with van der Waals surface area (Å²) in [5.74, 6) is 0. The molecule has 4 nitrogen and oxygen atoms in total. The van der Waals surface area contributed by atoms with Crippen LogP contribution in [0.25, 0.3) is 0 Å². The molecule has 0 saturated carbocycles.